The molecule has 37 heavy (non-hydrogen) atoms. The number of anilines is 2. The molecule has 8 heteroatoms. The third-order valence-corrected chi connectivity index (χ3v) is 7.71. The van der Waals surface area contributed by atoms with Crippen LogP contribution in [-0.4, -0.2) is 59.9 Å². The number of carbonyl (C=O) groups excluding carboxylic acids is 1. The molecule has 1 aromatic heterocycles. The van der Waals surface area contributed by atoms with Crippen LogP contribution in [0.4, 0.5) is 16.3 Å². The van der Waals surface area contributed by atoms with Gasteiger partial charge in [0.1, 0.15) is 6.10 Å². The maximum absolute atomic E-state index is 12.7. The average molecular weight is 528 g/mol. The summed E-state index contributed by atoms with van der Waals surface area (Å²) in [5.74, 6) is 3.56. The van der Waals surface area contributed by atoms with Crippen LogP contribution in [0.25, 0.3) is 0 Å². The smallest absolute Gasteiger partial charge is 0.410 e. The molecule has 2 unspecified atom stereocenters. The summed E-state index contributed by atoms with van der Waals surface area (Å²) in [5.41, 5.74) is 3.63. The molecule has 2 heterocycles. The summed E-state index contributed by atoms with van der Waals surface area (Å²) in [4.78, 5) is 19.2. The number of ether oxygens (including phenoxy) is 3. The number of nitrogens with one attached hydrogen (secondary N) is 1. The van der Waals surface area contributed by atoms with E-state index in [9.17, 15) is 4.79 Å². The SMILES string of the molecule is CCc1cc(CCSC)ccc1Nc1nccc(OC2CCN(C(=O)OC(C)C)C(C3CC3)C2)c1OC. The van der Waals surface area contributed by atoms with E-state index in [1.807, 2.05) is 36.6 Å². The number of benzene rings is 1. The van der Waals surface area contributed by atoms with Crippen LogP contribution in [0.5, 0.6) is 11.5 Å². The number of aromatic nitrogens is 1. The number of rotatable bonds is 11. The fourth-order valence-electron chi connectivity index (χ4n) is 5.05. The highest BCUT2D eigenvalue weighted by Gasteiger charge is 2.43. The Balaban J connectivity index is 1.48. The van der Waals surface area contributed by atoms with E-state index in [0.29, 0.717) is 29.8 Å². The molecule has 0 radical (unpaired) electrons. The quantitative estimate of drug-likeness (QED) is 0.359. The number of pyridine rings is 1. The zero-order valence-electron chi connectivity index (χ0n) is 22.8. The van der Waals surface area contributed by atoms with Crippen LogP contribution in [-0.2, 0) is 17.6 Å². The highest BCUT2D eigenvalue weighted by atomic mass is 32.2. The zero-order valence-corrected chi connectivity index (χ0v) is 23.6. The Morgan fingerprint density at radius 1 is 1.24 bits per heavy atom. The van der Waals surface area contributed by atoms with E-state index in [1.165, 1.54) is 11.1 Å². The maximum atomic E-state index is 12.7. The van der Waals surface area contributed by atoms with E-state index in [2.05, 4.69) is 41.7 Å². The number of aryl methyl sites for hydroxylation is 2. The number of thioether (sulfide) groups is 1. The normalized spacial score (nSPS) is 19.6. The first-order valence-electron chi connectivity index (χ1n) is 13.5. The lowest BCUT2D eigenvalue weighted by Gasteiger charge is -2.39. The topological polar surface area (TPSA) is 72.9 Å². The number of amides is 1. The minimum atomic E-state index is -0.204. The minimum absolute atomic E-state index is 0.000211. The number of methoxy groups -OCH3 is 1. The first-order valence-corrected chi connectivity index (χ1v) is 14.9. The van der Waals surface area contributed by atoms with Gasteiger partial charge >= 0.3 is 6.09 Å². The van der Waals surface area contributed by atoms with Crippen molar-refractivity contribution >= 4 is 29.4 Å². The molecule has 1 aliphatic heterocycles. The molecular formula is C29H41N3O4S. The van der Waals surface area contributed by atoms with Gasteiger partial charge in [-0.15, -0.1) is 0 Å². The van der Waals surface area contributed by atoms with E-state index >= 15 is 0 Å². The van der Waals surface area contributed by atoms with Gasteiger partial charge in [-0.3, -0.25) is 0 Å². The monoisotopic (exact) mass is 527 g/mol. The molecule has 0 spiro atoms. The molecule has 1 N–H and O–H groups in total. The van der Waals surface area contributed by atoms with Crippen molar-refractivity contribution in [2.75, 3.05) is 31.0 Å². The van der Waals surface area contributed by atoms with Crippen LogP contribution in [0, 0.1) is 5.92 Å². The van der Waals surface area contributed by atoms with Crippen molar-refractivity contribution in [1.29, 1.82) is 0 Å². The molecule has 0 bridgehead atoms. The van der Waals surface area contributed by atoms with E-state index in [-0.39, 0.29) is 24.3 Å². The Hall–Kier alpha value is -2.61. The van der Waals surface area contributed by atoms with Crippen molar-refractivity contribution in [3.05, 3.63) is 41.6 Å². The summed E-state index contributed by atoms with van der Waals surface area (Å²) in [7, 11) is 1.65. The van der Waals surface area contributed by atoms with Crippen molar-refractivity contribution in [1.82, 2.24) is 9.88 Å². The van der Waals surface area contributed by atoms with Gasteiger partial charge in [0.05, 0.1) is 13.2 Å². The van der Waals surface area contributed by atoms with E-state index in [0.717, 1.165) is 50.0 Å². The maximum Gasteiger partial charge on any atom is 0.410 e. The van der Waals surface area contributed by atoms with E-state index < -0.39 is 0 Å². The second-order valence-electron chi connectivity index (χ2n) is 10.2. The third-order valence-electron chi connectivity index (χ3n) is 7.10. The third kappa shape index (κ3) is 7.03. The Kier molecular flexibility index (Phi) is 9.46. The van der Waals surface area contributed by atoms with Gasteiger partial charge < -0.3 is 24.4 Å². The number of hydrogen-bond acceptors (Lipinski definition) is 7. The van der Waals surface area contributed by atoms with E-state index in [1.54, 1.807) is 13.3 Å². The summed E-state index contributed by atoms with van der Waals surface area (Å²) >= 11 is 1.86. The van der Waals surface area contributed by atoms with Crippen LogP contribution >= 0.6 is 11.8 Å². The van der Waals surface area contributed by atoms with Crippen molar-refractivity contribution in [2.24, 2.45) is 5.92 Å². The summed E-state index contributed by atoms with van der Waals surface area (Å²) in [6, 6.07) is 8.62. The van der Waals surface area contributed by atoms with Crippen molar-refractivity contribution in [2.45, 2.75) is 77.5 Å². The number of carbonyl (C=O) groups is 1. The standard InChI is InChI=1S/C29H41N3O4S/c1-6-21-17-20(13-16-37-5)7-10-24(21)31-28-27(34-4)26(11-14-30-28)36-23-12-15-32(29(33)35-19(2)3)25(18-23)22-8-9-22/h7,10-11,14,17,19,22-23,25H,6,8-9,12-13,15-16,18H2,1-5H3,(H,30,31). The van der Waals surface area contributed by atoms with Gasteiger partial charge in [-0.05, 0) is 74.7 Å². The van der Waals surface area contributed by atoms with Gasteiger partial charge in [-0.1, -0.05) is 19.1 Å². The second kappa shape index (κ2) is 12.8. The number of nitrogens with zero attached hydrogens (tertiary/aromatic N) is 2. The average Bonchev–Trinajstić information content (AvgIpc) is 3.73. The Labute approximate surface area is 225 Å². The molecule has 2 fully saturated rings. The van der Waals surface area contributed by atoms with Crippen LogP contribution in [0.15, 0.2) is 30.5 Å². The zero-order chi connectivity index (χ0) is 26.4. The molecule has 7 nitrogen and oxygen atoms in total. The molecule has 2 atom stereocenters. The van der Waals surface area contributed by atoms with Crippen LogP contribution in [0.2, 0.25) is 0 Å². The largest absolute Gasteiger partial charge is 0.490 e. The highest BCUT2D eigenvalue weighted by Crippen LogP contribution is 2.42. The predicted molar refractivity (Wildman–Crippen MR) is 150 cm³/mol. The van der Waals surface area contributed by atoms with Gasteiger partial charge in [-0.2, -0.15) is 11.8 Å². The molecule has 4 rings (SSSR count). The lowest BCUT2D eigenvalue weighted by Crippen LogP contribution is -2.50. The Bertz CT molecular complexity index is 1060. The molecule has 202 valence electrons. The summed E-state index contributed by atoms with van der Waals surface area (Å²) in [6.45, 7) is 6.59. The summed E-state index contributed by atoms with van der Waals surface area (Å²) in [5, 5.41) is 3.49. The first-order chi connectivity index (χ1) is 17.9. The molecule has 1 amide bonds. The van der Waals surface area contributed by atoms with Gasteiger partial charge in [0, 0.05) is 43.4 Å². The van der Waals surface area contributed by atoms with Crippen LogP contribution < -0.4 is 14.8 Å². The molecule has 1 saturated carbocycles. The Morgan fingerprint density at radius 3 is 2.73 bits per heavy atom. The number of piperidine rings is 1. The van der Waals surface area contributed by atoms with Crippen LogP contribution in [0.3, 0.4) is 0 Å². The van der Waals surface area contributed by atoms with Crippen molar-refractivity contribution < 1.29 is 19.0 Å². The highest BCUT2D eigenvalue weighted by molar-refractivity contribution is 7.98. The van der Waals surface area contributed by atoms with Gasteiger partial charge in [-0.25, -0.2) is 9.78 Å². The molecular weight excluding hydrogens is 486 g/mol. The van der Waals surface area contributed by atoms with Gasteiger partial charge in [0.2, 0.25) is 5.75 Å². The molecule has 1 aliphatic carbocycles. The fraction of sp³-hybridized carbons (Fsp3) is 0.586. The van der Waals surface area contributed by atoms with Crippen LogP contribution in [0.1, 0.15) is 57.6 Å². The first kappa shape index (κ1) is 27.4. The van der Waals surface area contributed by atoms with E-state index in [4.69, 9.17) is 14.2 Å². The fourth-order valence-corrected chi connectivity index (χ4v) is 5.49. The Morgan fingerprint density at radius 2 is 2.05 bits per heavy atom. The number of hydrogen-bond donors (Lipinski definition) is 1. The van der Waals surface area contributed by atoms with Gasteiger partial charge in [0.25, 0.3) is 0 Å². The second-order valence-corrected chi connectivity index (χ2v) is 11.2. The summed E-state index contributed by atoms with van der Waals surface area (Å²) in [6.07, 6.45) is 9.43. The minimum Gasteiger partial charge on any atom is -0.490 e. The van der Waals surface area contributed by atoms with Crippen molar-refractivity contribution in [3.8, 4) is 11.5 Å². The lowest BCUT2D eigenvalue weighted by atomic mass is 9.96. The molecule has 1 saturated heterocycles. The molecule has 1 aromatic carbocycles. The van der Waals surface area contributed by atoms with Gasteiger partial charge in [0.15, 0.2) is 11.6 Å². The summed E-state index contributed by atoms with van der Waals surface area (Å²) < 4.78 is 17.8. The molecule has 2 aliphatic rings. The predicted octanol–water partition coefficient (Wildman–Crippen LogP) is 6.47. The number of likely N-dealkylation sites (tertiary alicyclic amines) is 1. The van der Waals surface area contributed by atoms with Crippen molar-refractivity contribution in [3.63, 3.8) is 0 Å². The lowest BCUT2D eigenvalue weighted by molar-refractivity contribution is 0.0196. The molecule has 2 aromatic rings.